The van der Waals surface area contributed by atoms with Gasteiger partial charge in [-0.2, -0.15) is 0 Å². The lowest BCUT2D eigenvalue weighted by atomic mass is 9.76. The van der Waals surface area contributed by atoms with Gasteiger partial charge in [-0.05, 0) is 55.5 Å². The average Bonchev–Trinajstić information content (AvgIpc) is 2.92. The molecule has 2 aromatic rings. The molecule has 1 heterocycles. The molecule has 5 heteroatoms. The van der Waals surface area contributed by atoms with Crippen molar-refractivity contribution in [3.05, 3.63) is 60.2 Å². The summed E-state index contributed by atoms with van der Waals surface area (Å²) in [7, 11) is 0. The Kier molecular flexibility index (Phi) is 4.52. The van der Waals surface area contributed by atoms with Crippen molar-refractivity contribution in [2.75, 3.05) is 4.90 Å². The Hall–Kier alpha value is -2.95. The van der Waals surface area contributed by atoms with E-state index in [1.807, 2.05) is 6.07 Å². The standard InChI is InChI=1S/C22H21NO4/c1-14-10-11-18-19(12-14)21(25)23(20(18)24)16-7-5-6-15(13-16)22(26)27-17-8-3-2-4-9-17/h2-9,13-14,18-19H,10-12H2,1H3/t14-,18-,19+/m1/s1. The molecule has 1 aliphatic carbocycles. The predicted octanol–water partition coefficient (Wildman–Crippen LogP) is 3.83. The number of anilines is 1. The Bertz CT molecular complexity index is 892. The molecule has 2 aliphatic rings. The van der Waals surface area contributed by atoms with Crippen LogP contribution in [0.3, 0.4) is 0 Å². The van der Waals surface area contributed by atoms with Crippen molar-refractivity contribution < 1.29 is 19.1 Å². The van der Waals surface area contributed by atoms with E-state index >= 15 is 0 Å². The molecule has 1 saturated heterocycles. The molecule has 27 heavy (non-hydrogen) atoms. The summed E-state index contributed by atoms with van der Waals surface area (Å²) < 4.78 is 5.35. The van der Waals surface area contributed by atoms with Crippen LogP contribution in [0.5, 0.6) is 5.75 Å². The van der Waals surface area contributed by atoms with Crippen LogP contribution in [0.4, 0.5) is 5.69 Å². The average molecular weight is 363 g/mol. The first-order valence-electron chi connectivity index (χ1n) is 9.29. The summed E-state index contributed by atoms with van der Waals surface area (Å²) in [6.07, 6.45) is 2.47. The molecule has 1 aliphatic heterocycles. The first-order chi connectivity index (χ1) is 13.0. The van der Waals surface area contributed by atoms with E-state index in [1.165, 1.54) is 4.90 Å². The highest BCUT2D eigenvalue weighted by atomic mass is 16.5. The largest absolute Gasteiger partial charge is 0.423 e. The summed E-state index contributed by atoms with van der Waals surface area (Å²) in [6, 6.07) is 15.3. The van der Waals surface area contributed by atoms with E-state index in [2.05, 4.69) is 6.92 Å². The zero-order valence-corrected chi connectivity index (χ0v) is 15.1. The fourth-order valence-corrected chi connectivity index (χ4v) is 4.07. The number of hydrogen-bond donors (Lipinski definition) is 0. The molecule has 0 unspecified atom stereocenters. The van der Waals surface area contributed by atoms with Crippen molar-refractivity contribution in [1.29, 1.82) is 0 Å². The minimum absolute atomic E-state index is 0.148. The molecule has 5 nitrogen and oxygen atoms in total. The Morgan fingerprint density at radius 3 is 2.48 bits per heavy atom. The normalized spacial score (nSPS) is 24.6. The lowest BCUT2D eigenvalue weighted by Gasteiger charge is -2.25. The van der Waals surface area contributed by atoms with E-state index in [0.29, 0.717) is 22.9 Å². The number of benzene rings is 2. The van der Waals surface area contributed by atoms with Gasteiger partial charge in [0, 0.05) is 0 Å². The summed E-state index contributed by atoms with van der Waals surface area (Å²) in [4.78, 5) is 39.4. The van der Waals surface area contributed by atoms with Gasteiger partial charge in [-0.15, -0.1) is 0 Å². The number of imide groups is 1. The van der Waals surface area contributed by atoms with Crippen molar-refractivity contribution in [2.24, 2.45) is 17.8 Å². The third-order valence-corrected chi connectivity index (χ3v) is 5.48. The van der Waals surface area contributed by atoms with E-state index in [1.54, 1.807) is 48.5 Å². The lowest BCUT2D eigenvalue weighted by molar-refractivity contribution is -0.122. The number of para-hydroxylation sites is 1. The predicted molar refractivity (Wildman–Crippen MR) is 100 cm³/mol. The second kappa shape index (κ2) is 6.99. The van der Waals surface area contributed by atoms with Crippen LogP contribution < -0.4 is 9.64 Å². The maximum atomic E-state index is 12.9. The summed E-state index contributed by atoms with van der Waals surface area (Å²) >= 11 is 0. The molecule has 0 aromatic heterocycles. The maximum Gasteiger partial charge on any atom is 0.343 e. The van der Waals surface area contributed by atoms with Crippen molar-refractivity contribution in [2.45, 2.75) is 26.2 Å². The molecule has 138 valence electrons. The molecule has 2 aromatic carbocycles. The number of carbonyl (C=O) groups excluding carboxylic acids is 3. The molecular weight excluding hydrogens is 342 g/mol. The Balaban J connectivity index is 1.58. The van der Waals surface area contributed by atoms with Gasteiger partial charge in [-0.1, -0.05) is 31.2 Å². The third kappa shape index (κ3) is 3.25. The van der Waals surface area contributed by atoms with Crippen molar-refractivity contribution in [3.63, 3.8) is 0 Å². The summed E-state index contributed by atoms with van der Waals surface area (Å²) in [5.41, 5.74) is 0.745. The highest BCUT2D eigenvalue weighted by molar-refractivity contribution is 6.22. The van der Waals surface area contributed by atoms with E-state index in [0.717, 1.165) is 19.3 Å². The van der Waals surface area contributed by atoms with E-state index in [4.69, 9.17) is 4.74 Å². The highest BCUT2D eigenvalue weighted by Crippen LogP contribution is 2.42. The van der Waals surface area contributed by atoms with Crippen LogP contribution >= 0.6 is 0 Å². The van der Waals surface area contributed by atoms with Crippen molar-refractivity contribution in [3.8, 4) is 5.75 Å². The SMILES string of the molecule is C[C@@H]1CC[C@H]2C(=O)N(c3cccc(C(=O)Oc4ccccc4)c3)C(=O)[C@H]2C1. The number of fused-ring (bicyclic) bond motifs is 1. The Labute approximate surface area is 157 Å². The quantitative estimate of drug-likeness (QED) is 0.472. The van der Waals surface area contributed by atoms with E-state index in [9.17, 15) is 14.4 Å². The molecular formula is C22H21NO4. The summed E-state index contributed by atoms with van der Waals surface area (Å²) in [5, 5.41) is 0. The van der Waals surface area contributed by atoms with E-state index in [-0.39, 0.29) is 23.7 Å². The van der Waals surface area contributed by atoms with Crippen LogP contribution in [0.15, 0.2) is 54.6 Å². The van der Waals surface area contributed by atoms with Gasteiger partial charge in [-0.3, -0.25) is 14.5 Å². The topological polar surface area (TPSA) is 63.7 Å². The molecule has 0 spiro atoms. The monoisotopic (exact) mass is 363 g/mol. The second-order valence-electron chi connectivity index (χ2n) is 7.40. The van der Waals surface area contributed by atoms with Crippen LogP contribution in [0.25, 0.3) is 0 Å². The minimum atomic E-state index is -0.520. The maximum absolute atomic E-state index is 12.9. The molecule has 2 fully saturated rings. The van der Waals surface area contributed by atoms with Gasteiger partial charge < -0.3 is 4.74 Å². The Morgan fingerprint density at radius 1 is 0.963 bits per heavy atom. The fraction of sp³-hybridized carbons (Fsp3) is 0.318. The van der Waals surface area contributed by atoms with Gasteiger partial charge in [-0.25, -0.2) is 4.79 Å². The van der Waals surface area contributed by atoms with Gasteiger partial charge in [0.25, 0.3) is 0 Å². The summed E-state index contributed by atoms with van der Waals surface area (Å²) in [5.74, 6) is -0.380. The zero-order chi connectivity index (χ0) is 19.0. The number of ether oxygens (including phenoxy) is 1. The molecule has 0 radical (unpaired) electrons. The second-order valence-corrected chi connectivity index (χ2v) is 7.40. The third-order valence-electron chi connectivity index (χ3n) is 5.48. The number of esters is 1. The van der Waals surface area contributed by atoms with Gasteiger partial charge in [0.15, 0.2) is 0 Å². The van der Waals surface area contributed by atoms with Crippen LogP contribution in [0, 0.1) is 17.8 Å². The molecule has 2 amide bonds. The highest BCUT2D eigenvalue weighted by Gasteiger charge is 2.50. The van der Waals surface area contributed by atoms with Crippen LogP contribution in [0.1, 0.15) is 36.5 Å². The number of carbonyl (C=O) groups is 3. The number of nitrogens with zero attached hydrogens (tertiary/aromatic N) is 1. The molecule has 3 atom stereocenters. The van der Waals surface area contributed by atoms with Gasteiger partial charge in [0.2, 0.25) is 11.8 Å². The lowest BCUT2D eigenvalue weighted by Crippen LogP contribution is -2.31. The number of rotatable bonds is 3. The first-order valence-corrected chi connectivity index (χ1v) is 9.29. The fourth-order valence-electron chi connectivity index (χ4n) is 4.07. The van der Waals surface area contributed by atoms with Gasteiger partial charge >= 0.3 is 5.97 Å². The number of amides is 2. The van der Waals surface area contributed by atoms with Gasteiger partial charge in [0.05, 0.1) is 23.1 Å². The molecule has 1 saturated carbocycles. The summed E-state index contributed by atoms with van der Waals surface area (Å²) in [6.45, 7) is 2.12. The minimum Gasteiger partial charge on any atom is -0.423 e. The first kappa shape index (κ1) is 17.5. The Morgan fingerprint density at radius 2 is 1.70 bits per heavy atom. The van der Waals surface area contributed by atoms with Crippen molar-refractivity contribution >= 4 is 23.5 Å². The number of hydrogen-bond acceptors (Lipinski definition) is 4. The van der Waals surface area contributed by atoms with E-state index < -0.39 is 5.97 Å². The van der Waals surface area contributed by atoms with Gasteiger partial charge in [0.1, 0.15) is 5.75 Å². The van der Waals surface area contributed by atoms with Crippen LogP contribution in [-0.2, 0) is 9.59 Å². The van der Waals surface area contributed by atoms with Crippen LogP contribution in [-0.4, -0.2) is 17.8 Å². The molecule has 0 N–H and O–H groups in total. The van der Waals surface area contributed by atoms with Crippen molar-refractivity contribution in [1.82, 2.24) is 0 Å². The zero-order valence-electron chi connectivity index (χ0n) is 15.1. The molecule has 0 bridgehead atoms. The molecule has 4 rings (SSSR count). The van der Waals surface area contributed by atoms with Crippen LogP contribution in [0.2, 0.25) is 0 Å². The smallest absolute Gasteiger partial charge is 0.343 e.